The molecule has 0 aliphatic rings. The number of unbranched alkanes of at least 4 members (excludes halogenated alkanes) is 24. The van der Waals surface area contributed by atoms with Gasteiger partial charge in [-0.15, -0.1) is 11.8 Å². The van der Waals surface area contributed by atoms with Crippen LogP contribution in [0.4, 0.5) is 0 Å². The second-order valence-corrected chi connectivity index (χ2v) is 12.6. The molecular weight excluding hydrogens is 460 g/mol. The molecule has 0 spiro atoms. The molecule has 0 N–H and O–H groups in total. The van der Waals surface area contributed by atoms with Crippen LogP contribution in [-0.4, -0.2) is 23.6 Å². The maximum Gasteiger partial charge on any atom is 0.318 e. The smallest absolute Gasteiger partial charge is 0.318 e. The first-order chi connectivity index (χ1) is 17.7. The SMILES string of the molecule is CCCCCCCCCCCCCCCCCCSC(C)C(=O)OCCCCCCCCCCCC. The molecule has 0 bridgehead atoms. The van der Waals surface area contributed by atoms with Crippen molar-refractivity contribution in [2.75, 3.05) is 12.4 Å². The van der Waals surface area contributed by atoms with Crippen LogP contribution < -0.4 is 0 Å². The van der Waals surface area contributed by atoms with Gasteiger partial charge in [-0.2, -0.15) is 0 Å². The van der Waals surface area contributed by atoms with E-state index in [1.807, 2.05) is 6.92 Å². The number of rotatable bonds is 30. The number of hydrogen-bond donors (Lipinski definition) is 0. The molecule has 36 heavy (non-hydrogen) atoms. The van der Waals surface area contributed by atoms with E-state index in [2.05, 4.69) is 13.8 Å². The molecule has 1 atom stereocenters. The number of carbonyl (C=O) groups is 1. The molecule has 0 fully saturated rings. The summed E-state index contributed by atoms with van der Waals surface area (Å²) in [6, 6.07) is 0. The molecule has 0 saturated carbocycles. The third-order valence-electron chi connectivity index (χ3n) is 7.44. The Balaban J connectivity index is 3.27. The molecule has 3 heteroatoms. The van der Waals surface area contributed by atoms with E-state index in [0.29, 0.717) is 6.61 Å². The van der Waals surface area contributed by atoms with Crippen molar-refractivity contribution >= 4 is 17.7 Å². The predicted molar refractivity (Wildman–Crippen MR) is 164 cm³/mol. The lowest BCUT2D eigenvalue weighted by Gasteiger charge is -2.11. The van der Waals surface area contributed by atoms with E-state index in [-0.39, 0.29) is 11.2 Å². The Kier molecular flexibility index (Phi) is 30.9. The summed E-state index contributed by atoms with van der Waals surface area (Å²) in [6.07, 6.45) is 35.6. The summed E-state index contributed by atoms with van der Waals surface area (Å²) in [5.41, 5.74) is 0. The lowest BCUT2D eigenvalue weighted by Crippen LogP contribution is -2.18. The fourth-order valence-corrected chi connectivity index (χ4v) is 5.79. The molecule has 0 aromatic carbocycles. The summed E-state index contributed by atoms with van der Waals surface area (Å²) in [5, 5.41) is -0.00976. The Hall–Kier alpha value is -0.180. The van der Waals surface area contributed by atoms with Crippen LogP contribution in [0.2, 0.25) is 0 Å². The number of carbonyl (C=O) groups excluding carboxylic acids is 1. The topological polar surface area (TPSA) is 26.3 Å². The zero-order valence-electron chi connectivity index (χ0n) is 25.1. The maximum absolute atomic E-state index is 12.2. The van der Waals surface area contributed by atoms with Crippen LogP contribution in [-0.2, 0) is 9.53 Å². The van der Waals surface area contributed by atoms with Crippen molar-refractivity contribution in [3.8, 4) is 0 Å². The summed E-state index contributed by atoms with van der Waals surface area (Å²) in [5.74, 6) is 1.08. The van der Waals surface area contributed by atoms with E-state index in [0.717, 1.165) is 12.2 Å². The van der Waals surface area contributed by atoms with E-state index in [4.69, 9.17) is 4.74 Å². The van der Waals surface area contributed by atoms with Crippen molar-refractivity contribution < 1.29 is 9.53 Å². The average molecular weight is 527 g/mol. The van der Waals surface area contributed by atoms with E-state index in [9.17, 15) is 4.79 Å². The van der Waals surface area contributed by atoms with Crippen molar-refractivity contribution in [3.05, 3.63) is 0 Å². The Bertz CT molecular complexity index is 426. The minimum atomic E-state index is -0.00976. The highest BCUT2D eigenvalue weighted by Gasteiger charge is 2.14. The van der Waals surface area contributed by atoms with Gasteiger partial charge in [0.2, 0.25) is 0 Å². The van der Waals surface area contributed by atoms with Crippen LogP contribution >= 0.6 is 11.8 Å². The minimum absolute atomic E-state index is 0.00702. The van der Waals surface area contributed by atoms with Crippen LogP contribution in [0.5, 0.6) is 0 Å². The van der Waals surface area contributed by atoms with E-state index < -0.39 is 0 Å². The zero-order valence-corrected chi connectivity index (χ0v) is 25.9. The Labute approximate surface area is 232 Å². The second-order valence-electron chi connectivity index (χ2n) is 11.2. The highest BCUT2D eigenvalue weighted by atomic mass is 32.2. The molecule has 0 rings (SSSR count). The molecule has 2 nitrogen and oxygen atoms in total. The Morgan fingerprint density at radius 3 is 1.17 bits per heavy atom. The fraction of sp³-hybridized carbons (Fsp3) is 0.970. The molecule has 0 aromatic heterocycles. The van der Waals surface area contributed by atoms with Crippen molar-refractivity contribution in [1.82, 2.24) is 0 Å². The molecule has 1 unspecified atom stereocenters. The lowest BCUT2D eigenvalue weighted by molar-refractivity contribution is -0.142. The van der Waals surface area contributed by atoms with Gasteiger partial charge < -0.3 is 4.74 Å². The first kappa shape index (κ1) is 35.8. The number of thioether (sulfide) groups is 1. The molecule has 0 heterocycles. The third-order valence-corrected chi connectivity index (χ3v) is 8.66. The van der Waals surface area contributed by atoms with Crippen molar-refractivity contribution in [2.24, 2.45) is 0 Å². The van der Waals surface area contributed by atoms with E-state index in [1.54, 1.807) is 11.8 Å². The van der Waals surface area contributed by atoms with Gasteiger partial charge in [0.1, 0.15) is 0 Å². The molecule has 0 aliphatic carbocycles. The first-order valence-electron chi connectivity index (χ1n) is 16.5. The van der Waals surface area contributed by atoms with Gasteiger partial charge in [0.05, 0.1) is 11.9 Å². The quantitative estimate of drug-likeness (QED) is 0.0687. The van der Waals surface area contributed by atoms with Gasteiger partial charge in [0.15, 0.2) is 0 Å². The Morgan fingerprint density at radius 2 is 0.806 bits per heavy atom. The summed E-state index contributed by atoms with van der Waals surface area (Å²) < 4.78 is 5.50. The van der Waals surface area contributed by atoms with Gasteiger partial charge in [-0.05, 0) is 25.5 Å². The van der Waals surface area contributed by atoms with Crippen LogP contribution in [0.25, 0.3) is 0 Å². The van der Waals surface area contributed by atoms with Gasteiger partial charge in [-0.3, -0.25) is 4.79 Å². The van der Waals surface area contributed by atoms with Gasteiger partial charge in [0.25, 0.3) is 0 Å². The van der Waals surface area contributed by atoms with E-state index >= 15 is 0 Å². The average Bonchev–Trinajstić information content (AvgIpc) is 2.88. The largest absolute Gasteiger partial charge is 0.465 e. The summed E-state index contributed by atoms with van der Waals surface area (Å²) >= 11 is 1.78. The van der Waals surface area contributed by atoms with Crippen LogP contribution in [0, 0.1) is 0 Å². The highest BCUT2D eigenvalue weighted by Crippen LogP contribution is 2.17. The van der Waals surface area contributed by atoms with Gasteiger partial charge in [-0.1, -0.05) is 168 Å². The monoisotopic (exact) mass is 526 g/mol. The number of esters is 1. The van der Waals surface area contributed by atoms with Crippen molar-refractivity contribution in [1.29, 1.82) is 0 Å². The molecule has 0 amide bonds. The summed E-state index contributed by atoms with van der Waals surface area (Å²) in [6.45, 7) is 7.19. The maximum atomic E-state index is 12.2. The van der Waals surface area contributed by atoms with Crippen molar-refractivity contribution in [2.45, 2.75) is 193 Å². The molecule has 0 saturated heterocycles. The molecule has 0 radical (unpaired) electrons. The summed E-state index contributed by atoms with van der Waals surface area (Å²) in [4.78, 5) is 12.2. The van der Waals surface area contributed by atoms with E-state index in [1.165, 1.54) is 161 Å². The first-order valence-corrected chi connectivity index (χ1v) is 17.6. The van der Waals surface area contributed by atoms with Gasteiger partial charge in [-0.25, -0.2) is 0 Å². The second kappa shape index (κ2) is 31.0. The van der Waals surface area contributed by atoms with Gasteiger partial charge >= 0.3 is 5.97 Å². The Morgan fingerprint density at radius 1 is 0.500 bits per heavy atom. The predicted octanol–water partition coefficient (Wildman–Crippen LogP) is 11.8. The molecule has 0 aromatic rings. The normalized spacial score (nSPS) is 12.2. The molecule has 0 aliphatic heterocycles. The third kappa shape index (κ3) is 28.4. The van der Waals surface area contributed by atoms with Crippen LogP contribution in [0.1, 0.15) is 188 Å². The zero-order chi connectivity index (χ0) is 26.4. The molecule has 216 valence electrons. The minimum Gasteiger partial charge on any atom is -0.465 e. The van der Waals surface area contributed by atoms with Crippen LogP contribution in [0.3, 0.4) is 0 Å². The van der Waals surface area contributed by atoms with Crippen molar-refractivity contribution in [3.63, 3.8) is 0 Å². The fourth-order valence-electron chi connectivity index (χ4n) is 4.86. The number of hydrogen-bond acceptors (Lipinski definition) is 3. The van der Waals surface area contributed by atoms with Gasteiger partial charge in [0, 0.05) is 0 Å². The lowest BCUT2D eigenvalue weighted by atomic mass is 10.0. The van der Waals surface area contributed by atoms with Crippen LogP contribution in [0.15, 0.2) is 0 Å². The summed E-state index contributed by atoms with van der Waals surface area (Å²) in [7, 11) is 0. The number of ether oxygens (including phenoxy) is 1. The highest BCUT2D eigenvalue weighted by molar-refractivity contribution is 8.00. The molecular formula is C33H66O2S. The standard InChI is InChI=1S/C33H66O2S/c1-4-6-8-10-12-14-16-17-18-19-20-21-23-25-27-29-31-36-32(3)33(34)35-30-28-26-24-22-15-13-11-9-7-5-2/h32H,4-31H2,1-3H3.